The third kappa shape index (κ3) is 19.5. The molecule has 0 aliphatic rings. The molecule has 1 radical (unpaired) electrons. The molecule has 0 heterocycles. The normalized spacial score (nSPS) is 5.27. The quantitative estimate of drug-likeness (QED) is 0.240. The van der Waals surface area contributed by atoms with Gasteiger partial charge in [0.2, 0.25) is 0 Å². The van der Waals surface area contributed by atoms with Crippen molar-refractivity contribution in [1.29, 1.82) is 0 Å². The molecule has 0 aliphatic heterocycles. The van der Waals surface area contributed by atoms with E-state index in [1.807, 2.05) is 24.3 Å². The van der Waals surface area contributed by atoms with Crippen molar-refractivity contribution in [3.8, 4) is 0 Å². The first-order valence-corrected chi connectivity index (χ1v) is 3.39. The van der Waals surface area contributed by atoms with E-state index in [4.69, 9.17) is 19.7 Å². The van der Waals surface area contributed by atoms with Crippen LogP contribution in [0, 0.1) is 20.0 Å². The van der Waals surface area contributed by atoms with Crippen LogP contribution in [0.2, 0.25) is 0 Å². The van der Waals surface area contributed by atoms with Crippen LogP contribution in [0.25, 0.3) is 0 Å². The zero-order valence-corrected chi connectivity index (χ0v) is 9.41. The average Bonchev–Trinajstić information content (AvgIpc) is 2.31. The predicted molar refractivity (Wildman–Crippen MR) is 49.9 cm³/mol. The van der Waals surface area contributed by atoms with Crippen LogP contribution >= 0.6 is 12.6 Å². The first-order chi connectivity index (χ1) is 6.79. The number of thiol groups is 1. The fourth-order valence-electron chi connectivity index (χ4n) is 0.474. The molecule has 0 saturated carbocycles. The third-order valence-electron chi connectivity index (χ3n) is 0.893. The maximum absolute atomic E-state index is 7.50. The summed E-state index contributed by atoms with van der Waals surface area (Å²) in [6.45, 7) is 13.5. The van der Waals surface area contributed by atoms with Gasteiger partial charge in [-0.3, -0.25) is 0 Å². The molecule has 1 aromatic carbocycles. The molecular weight excluding hydrogens is 258 g/mol. The Morgan fingerprint density at radius 3 is 1.33 bits per heavy atom. The van der Waals surface area contributed by atoms with Gasteiger partial charge in [0.05, 0.1) is 0 Å². The molecule has 77 valence electrons. The minimum atomic E-state index is 0. The zero-order chi connectivity index (χ0) is 12.0. The van der Waals surface area contributed by atoms with Crippen LogP contribution in [0.4, 0.5) is 5.69 Å². The first kappa shape index (κ1) is 23.7. The molecule has 0 aliphatic carbocycles. The first-order valence-electron chi connectivity index (χ1n) is 2.95. The van der Waals surface area contributed by atoms with Gasteiger partial charge in [-0.1, -0.05) is 0 Å². The summed E-state index contributed by atoms with van der Waals surface area (Å²) in [7, 11) is 0. The van der Waals surface area contributed by atoms with E-state index in [0.29, 0.717) is 0 Å². The summed E-state index contributed by atoms with van der Waals surface area (Å²) >= 11 is 4.08. The average molecular weight is 265 g/mol. The molecule has 0 bridgehead atoms. The summed E-state index contributed by atoms with van der Waals surface area (Å²) < 4.78 is 22.5. The smallest absolute Gasteiger partial charge is 3.00 e. The Hall–Kier alpha value is -0.891. The van der Waals surface area contributed by atoms with Crippen LogP contribution in [0.15, 0.2) is 29.2 Å². The van der Waals surface area contributed by atoms with Gasteiger partial charge in [-0.05, 0) is 24.3 Å². The summed E-state index contributed by atoms with van der Waals surface area (Å²) in [6.07, 6.45) is 0. The molecule has 15 heavy (non-hydrogen) atoms. The van der Waals surface area contributed by atoms with Gasteiger partial charge in [0, 0.05) is 10.6 Å². The van der Waals surface area contributed by atoms with E-state index >= 15 is 0 Å². The second-order valence-electron chi connectivity index (χ2n) is 1.59. The largest absolute Gasteiger partial charge is 3.00 e. The van der Waals surface area contributed by atoms with Gasteiger partial charge >= 0.3 is 51.0 Å². The Morgan fingerprint density at radius 2 is 1.13 bits per heavy atom. The molecule has 0 atom stereocenters. The summed E-state index contributed by atoms with van der Waals surface area (Å²) in [5, 5.41) is 0. The van der Waals surface area contributed by atoms with Gasteiger partial charge in [-0.2, -0.15) is 0 Å². The van der Waals surface area contributed by atoms with E-state index in [-0.39, 0.29) is 17.1 Å². The van der Waals surface area contributed by atoms with Crippen LogP contribution in [0.5, 0.6) is 0 Å². The van der Waals surface area contributed by atoms with E-state index < -0.39 is 0 Å². The molecule has 0 spiro atoms. The van der Waals surface area contributed by atoms with Crippen LogP contribution in [0.1, 0.15) is 0 Å². The molecule has 0 fully saturated rings. The monoisotopic (exact) mass is 265 g/mol. The van der Waals surface area contributed by atoms with Gasteiger partial charge in [-0.25, -0.2) is 0 Å². The van der Waals surface area contributed by atoms with Crippen molar-refractivity contribution in [2.24, 2.45) is 0 Å². The molecule has 2 N–H and O–H groups in total. The Kier molecular flexibility index (Phi) is 36.6. The second-order valence-corrected chi connectivity index (χ2v) is 2.11. The van der Waals surface area contributed by atoms with Crippen molar-refractivity contribution in [1.82, 2.24) is 0 Å². The van der Waals surface area contributed by atoms with Crippen LogP contribution in [-0.2, 0) is 31.0 Å². The summed E-state index contributed by atoms with van der Waals surface area (Å²) in [6, 6.07) is 7.36. The maximum atomic E-state index is 7.50. The molecule has 0 aromatic heterocycles. The number of hydrogen-bond donors (Lipinski definition) is 2. The standard InChI is InChI=1S/C6H7NS.3CO.Fe/c7-5-1-3-6(8)4-2-5;3*1-2;/h1-4,8H,7H2;;;;/q;;;;+3. The number of anilines is 1. The fraction of sp³-hybridized carbons (Fsp3) is 0. The van der Waals surface area contributed by atoms with E-state index in [9.17, 15) is 0 Å². The van der Waals surface area contributed by atoms with Gasteiger partial charge in [0.25, 0.3) is 0 Å². The Balaban J connectivity index is -0.0000000755. The molecule has 6 heteroatoms. The van der Waals surface area contributed by atoms with E-state index in [1.54, 1.807) is 0 Å². The summed E-state index contributed by atoms with van der Waals surface area (Å²) in [4.78, 5) is 0.944. The summed E-state index contributed by atoms with van der Waals surface area (Å²) in [5.74, 6) is 0. The van der Waals surface area contributed by atoms with Gasteiger partial charge < -0.3 is 5.73 Å². The van der Waals surface area contributed by atoms with Gasteiger partial charge in [0.15, 0.2) is 0 Å². The van der Waals surface area contributed by atoms with Crippen molar-refractivity contribution < 1.29 is 31.0 Å². The van der Waals surface area contributed by atoms with Crippen molar-refractivity contribution in [3.05, 3.63) is 44.2 Å². The predicted octanol–water partition coefficient (Wildman–Crippen LogP) is 1.44. The van der Waals surface area contributed by atoms with E-state index in [2.05, 4.69) is 32.6 Å². The van der Waals surface area contributed by atoms with E-state index in [0.717, 1.165) is 10.6 Å². The number of nitrogens with two attached hydrogens (primary N) is 1. The Morgan fingerprint density at radius 1 is 0.867 bits per heavy atom. The van der Waals surface area contributed by atoms with Crippen molar-refractivity contribution >= 4 is 18.3 Å². The molecule has 0 saturated heterocycles. The molecule has 0 unspecified atom stereocenters. The van der Waals surface area contributed by atoms with E-state index in [1.165, 1.54) is 0 Å². The van der Waals surface area contributed by atoms with Crippen molar-refractivity contribution in [3.63, 3.8) is 0 Å². The fourth-order valence-corrected chi connectivity index (χ4v) is 0.623. The molecule has 1 aromatic rings. The summed E-state index contributed by atoms with van der Waals surface area (Å²) in [5.41, 5.74) is 6.17. The number of hydrogen-bond acceptors (Lipinski definition) is 2. The minimum Gasteiger partial charge on any atom is 3.00 e. The van der Waals surface area contributed by atoms with Crippen LogP contribution < -0.4 is 5.73 Å². The second kappa shape index (κ2) is 23.2. The maximum Gasteiger partial charge on any atom is 3.00 e. The van der Waals surface area contributed by atoms with Crippen LogP contribution in [-0.4, -0.2) is 0 Å². The number of nitrogen functional groups attached to an aromatic ring is 1. The number of benzene rings is 1. The van der Waals surface area contributed by atoms with Gasteiger partial charge in [-0.15, -0.1) is 12.6 Å². The Bertz CT molecular complexity index is 246. The topological polar surface area (TPSA) is 85.7 Å². The SMILES string of the molecule is Nc1ccc(S)cc1.[C-]#[O+].[C-]#[O+].[C-]#[O+].[Fe+3]. The molecule has 4 nitrogen and oxygen atoms in total. The molecule has 1 rings (SSSR count). The van der Waals surface area contributed by atoms with Crippen molar-refractivity contribution in [2.45, 2.75) is 4.90 Å². The Labute approximate surface area is 104 Å². The minimum absolute atomic E-state index is 0. The molecule has 0 amide bonds. The third-order valence-corrected chi connectivity index (χ3v) is 1.19. The van der Waals surface area contributed by atoms with Gasteiger partial charge in [0.1, 0.15) is 0 Å². The molecular formula is C9H7FeNO3S+3. The van der Waals surface area contributed by atoms with Crippen molar-refractivity contribution in [2.75, 3.05) is 5.73 Å². The zero-order valence-electron chi connectivity index (χ0n) is 7.41. The van der Waals surface area contributed by atoms with Crippen LogP contribution in [0.3, 0.4) is 0 Å². The number of rotatable bonds is 0.